The molecule has 0 radical (unpaired) electrons. The van der Waals surface area contributed by atoms with E-state index in [2.05, 4.69) is 34.3 Å². The summed E-state index contributed by atoms with van der Waals surface area (Å²) in [4.78, 5) is 0. The third kappa shape index (κ3) is 24.5. The van der Waals surface area contributed by atoms with E-state index in [-0.39, 0.29) is 0 Å². The summed E-state index contributed by atoms with van der Waals surface area (Å²) in [5, 5.41) is 0. The van der Waals surface area contributed by atoms with Gasteiger partial charge in [0.25, 0.3) is 0 Å². The van der Waals surface area contributed by atoms with Gasteiger partial charge in [-0.15, -0.1) is 6.58 Å². The molecule has 0 unspecified atom stereocenters. The van der Waals surface area contributed by atoms with Gasteiger partial charge in [0.2, 0.25) is 0 Å². The number of hydrogen-bond acceptors (Lipinski definition) is 0. The first-order valence-corrected chi connectivity index (χ1v) is 5.79. The quantitative estimate of drug-likeness (QED) is 0.393. The number of hydrogen-bond donors (Lipinski definition) is 0. The highest BCUT2D eigenvalue weighted by atomic mass is 13.9. The Hall–Kier alpha value is -0.260. The first-order valence-electron chi connectivity index (χ1n) is 5.79. The minimum atomic E-state index is 0.780. The summed E-state index contributed by atoms with van der Waals surface area (Å²) in [7, 11) is 0. The molecule has 0 rings (SSSR count). The molecule has 0 aromatic rings. The van der Waals surface area contributed by atoms with E-state index in [9.17, 15) is 0 Å². The largest absolute Gasteiger partial charge is 0.103 e. The summed E-state index contributed by atoms with van der Waals surface area (Å²) in [6.45, 7) is 12.5. The normalized spacial score (nSPS) is 9.31. The number of rotatable bonds is 6. The Morgan fingerprint density at radius 3 is 1.62 bits per heavy atom. The molecule has 0 aromatic heterocycles. The molecule has 13 heavy (non-hydrogen) atoms. The van der Waals surface area contributed by atoms with Crippen molar-refractivity contribution in [3.05, 3.63) is 12.7 Å². The summed E-state index contributed by atoms with van der Waals surface area (Å²) in [5.41, 5.74) is 0. The zero-order valence-corrected chi connectivity index (χ0v) is 10.1. The minimum Gasteiger partial charge on any atom is -0.103 e. The molecule has 0 spiro atoms. The van der Waals surface area contributed by atoms with Crippen LogP contribution in [0, 0.1) is 5.92 Å². The van der Waals surface area contributed by atoms with Gasteiger partial charge < -0.3 is 0 Å². The fraction of sp³-hybridized carbons (Fsp3) is 0.846. The molecular weight excluding hydrogens is 156 g/mol. The van der Waals surface area contributed by atoms with Crippen LogP contribution < -0.4 is 0 Å². The third-order valence-corrected chi connectivity index (χ3v) is 1.85. The van der Waals surface area contributed by atoms with E-state index in [0.29, 0.717) is 0 Å². The van der Waals surface area contributed by atoms with Crippen LogP contribution in [0.2, 0.25) is 0 Å². The average Bonchev–Trinajstić information content (AvgIpc) is 2.06. The van der Waals surface area contributed by atoms with E-state index in [0.717, 1.165) is 12.3 Å². The van der Waals surface area contributed by atoms with Crippen molar-refractivity contribution in [2.24, 2.45) is 5.92 Å². The lowest BCUT2D eigenvalue weighted by Crippen LogP contribution is -1.78. The topological polar surface area (TPSA) is 0 Å². The van der Waals surface area contributed by atoms with E-state index >= 15 is 0 Å². The summed E-state index contributed by atoms with van der Waals surface area (Å²) < 4.78 is 0. The van der Waals surface area contributed by atoms with Gasteiger partial charge in [0.1, 0.15) is 0 Å². The molecule has 0 aliphatic carbocycles. The highest BCUT2D eigenvalue weighted by Gasteiger charge is 1.82. The second-order valence-electron chi connectivity index (χ2n) is 3.98. The second-order valence-corrected chi connectivity index (χ2v) is 3.98. The van der Waals surface area contributed by atoms with Gasteiger partial charge in [0.15, 0.2) is 0 Å². The fourth-order valence-corrected chi connectivity index (χ4v) is 1.01. The molecule has 0 N–H and O–H groups in total. The lowest BCUT2D eigenvalue weighted by molar-refractivity contribution is 0.656. The number of unbranched alkanes of at least 4 members (excludes halogenated alkanes) is 4. The maximum atomic E-state index is 3.60. The summed E-state index contributed by atoms with van der Waals surface area (Å²) in [6.07, 6.45) is 10.1. The molecule has 0 heteroatoms. The van der Waals surface area contributed by atoms with E-state index in [4.69, 9.17) is 0 Å². The Labute approximate surface area is 85.4 Å². The Kier molecular flexibility index (Phi) is 16.7. The smallest absolute Gasteiger partial charge is 0.0330 e. The molecule has 0 fully saturated rings. The Morgan fingerprint density at radius 1 is 1.00 bits per heavy atom. The molecule has 0 amide bonds. The van der Waals surface area contributed by atoms with Crippen LogP contribution in [-0.4, -0.2) is 0 Å². The second kappa shape index (κ2) is 14.3. The maximum absolute atomic E-state index is 3.60. The van der Waals surface area contributed by atoms with Crippen molar-refractivity contribution in [1.82, 2.24) is 0 Å². The van der Waals surface area contributed by atoms with Crippen LogP contribution in [0.1, 0.15) is 66.2 Å². The van der Waals surface area contributed by atoms with E-state index in [1.165, 1.54) is 32.1 Å². The first kappa shape index (κ1) is 15.2. The van der Waals surface area contributed by atoms with Gasteiger partial charge in [-0.05, 0) is 12.3 Å². The Morgan fingerprint density at radius 2 is 1.46 bits per heavy atom. The summed E-state index contributed by atoms with van der Waals surface area (Å²) in [6, 6.07) is 0. The van der Waals surface area contributed by atoms with Crippen LogP contribution in [-0.2, 0) is 0 Å². The average molecular weight is 184 g/mol. The molecule has 0 nitrogen and oxygen atoms in total. The third-order valence-electron chi connectivity index (χ3n) is 1.85. The summed E-state index contributed by atoms with van der Waals surface area (Å²) >= 11 is 0. The molecule has 0 aliphatic rings. The molecule has 80 valence electrons. The van der Waals surface area contributed by atoms with Crippen LogP contribution in [0.5, 0.6) is 0 Å². The lowest BCUT2D eigenvalue weighted by atomic mass is 10.1. The van der Waals surface area contributed by atoms with Crippen molar-refractivity contribution in [2.45, 2.75) is 66.2 Å². The monoisotopic (exact) mass is 184 g/mol. The van der Waals surface area contributed by atoms with Crippen molar-refractivity contribution in [3.8, 4) is 0 Å². The highest BCUT2D eigenvalue weighted by molar-refractivity contribution is 4.67. The number of allylic oxidation sites excluding steroid dienone is 1. The van der Waals surface area contributed by atoms with Gasteiger partial charge in [-0.25, -0.2) is 0 Å². The van der Waals surface area contributed by atoms with Gasteiger partial charge in [0, 0.05) is 0 Å². The van der Waals surface area contributed by atoms with Crippen molar-refractivity contribution >= 4 is 0 Å². The van der Waals surface area contributed by atoms with Crippen LogP contribution in [0.25, 0.3) is 0 Å². The van der Waals surface area contributed by atoms with Gasteiger partial charge in [-0.1, -0.05) is 65.9 Å². The molecule has 0 bridgehead atoms. The minimum absolute atomic E-state index is 0.780. The van der Waals surface area contributed by atoms with E-state index < -0.39 is 0 Å². The maximum Gasteiger partial charge on any atom is -0.0330 e. The SMILES string of the molecule is C=CCC(C)C.CCCCCCC. The fourth-order valence-electron chi connectivity index (χ4n) is 1.01. The first-order chi connectivity index (χ1) is 6.18. The summed E-state index contributed by atoms with van der Waals surface area (Å²) in [5.74, 6) is 0.780. The molecule has 0 saturated heterocycles. The van der Waals surface area contributed by atoms with Crippen LogP contribution in [0.15, 0.2) is 12.7 Å². The predicted octanol–water partition coefficient (Wildman–Crippen LogP) is 5.20. The Balaban J connectivity index is 0. The Bertz CT molecular complexity index is 78.0. The van der Waals surface area contributed by atoms with Crippen molar-refractivity contribution in [1.29, 1.82) is 0 Å². The predicted molar refractivity (Wildman–Crippen MR) is 64.1 cm³/mol. The highest BCUT2D eigenvalue weighted by Crippen LogP contribution is 2.00. The van der Waals surface area contributed by atoms with Crippen molar-refractivity contribution in [3.63, 3.8) is 0 Å². The van der Waals surface area contributed by atoms with Gasteiger partial charge in [-0.2, -0.15) is 0 Å². The zero-order chi connectivity index (χ0) is 10.5. The van der Waals surface area contributed by atoms with Gasteiger partial charge in [0.05, 0.1) is 0 Å². The lowest BCUT2D eigenvalue weighted by Gasteiger charge is -1.92. The molecule has 0 heterocycles. The molecular formula is C13H28. The zero-order valence-electron chi connectivity index (χ0n) is 10.1. The molecule has 0 atom stereocenters. The van der Waals surface area contributed by atoms with E-state index in [1.807, 2.05) is 6.08 Å². The van der Waals surface area contributed by atoms with Crippen molar-refractivity contribution in [2.75, 3.05) is 0 Å². The van der Waals surface area contributed by atoms with Gasteiger partial charge >= 0.3 is 0 Å². The van der Waals surface area contributed by atoms with Crippen LogP contribution in [0.3, 0.4) is 0 Å². The molecule has 0 aromatic carbocycles. The van der Waals surface area contributed by atoms with Crippen molar-refractivity contribution < 1.29 is 0 Å². The van der Waals surface area contributed by atoms with Crippen LogP contribution in [0.4, 0.5) is 0 Å². The van der Waals surface area contributed by atoms with Crippen LogP contribution >= 0.6 is 0 Å². The van der Waals surface area contributed by atoms with Gasteiger partial charge in [-0.3, -0.25) is 0 Å². The standard InChI is InChI=1S/C7H16.C6H12/c1-3-5-7-6-4-2;1-4-5-6(2)3/h3-7H2,1-2H3;4,6H,1,5H2,2-3H3. The molecule has 0 saturated carbocycles. The van der Waals surface area contributed by atoms with E-state index in [1.54, 1.807) is 0 Å². The molecule has 0 aliphatic heterocycles.